The molecule has 3 heteroatoms. The Hall–Kier alpha value is -1.80. The van der Waals surface area contributed by atoms with E-state index in [1.807, 2.05) is 24.3 Å². The molecule has 0 amide bonds. The molecule has 2 aromatic rings. The van der Waals surface area contributed by atoms with Gasteiger partial charge in [0.2, 0.25) is 0 Å². The van der Waals surface area contributed by atoms with Crippen molar-refractivity contribution in [2.75, 3.05) is 0 Å². The number of halogens is 1. The Balaban J connectivity index is 1.59. The number of ether oxygens (including phenoxy) is 1. The normalized spacial score (nSPS) is 17.5. The fourth-order valence-electron chi connectivity index (χ4n) is 2.76. The van der Waals surface area contributed by atoms with Gasteiger partial charge < -0.3 is 4.74 Å². The summed E-state index contributed by atoms with van der Waals surface area (Å²) in [6, 6.07) is 15.5. The summed E-state index contributed by atoms with van der Waals surface area (Å²) >= 11 is 5.92. The maximum atomic E-state index is 12.3. The molecule has 0 saturated heterocycles. The molecule has 0 spiro atoms. The van der Waals surface area contributed by atoms with Gasteiger partial charge in [0.15, 0.2) is 11.9 Å². The van der Waals surface area contributed by atoms with Crippen LogP contribution in [0.2, 0.25) is 5.02 Å². The molecule has 2 aromatic carbocycles. The van der Waals surface area contributed by atoms with Gasteiger partial charge in [-0.05, 0) is 48.6 Å². The van der Waals surface area contributed by atoms with Gasteiger partial charge in [0.1, 0.15) is 5.75 Å². The first kappa shape index (κ1) is 14.2. The Bertz CT molecular complexity index is 666. The molecule has 1 aliphatic rings. The minimum absolute atomic E-state index is 0.134. The maximum Gasteiger partial charge on any atom is 0.173 e. The van der Waals surface area contributed by atoms with Gasteiger partial charge >= 0.3 is 0 Å². The van der Waals surface area contributed by atoms with E-state index < -0.39 is 6.10 Å². The van der Waals surface area contributed by atoms with Crippen molar-refractivity contribution < 1.29 is 9.53 Å². The molecule has 108 valence electrons. The molecule has 0 aliphatic heterocycles. The van der Waals surface area contributed by atoms with Crippen LogP contribution in [0.1, 0.15) is 30.4 Å². The van der Waals surface area contributed by atoms with Crippen LogP contribution in [0.15, 0.2) is 48.5 Å². The summed E-state index contributed by atoms with van der Waals surface area (Å²) in [5, 5.41) is 0.611. The number of benzene rings is 2. The van der Waals surface area contributed by atoms with E-state index >= 15 is 0 Å². The Labute approximate surface area is 129 Å². The van der Waals surface area contributed by atoms with E-state index in [4.69, 9.17) is 16.3 Å². The maximum absolute atomic E-state index is 12.3. The number of ketones is 1. The largest absolute Gasteiger partial charge is 0.483 e. The van der Waals surface area contributed by atoms with Crippen molar-refractivity contribution in [1.82, 2.24) is 0 Å². The second-order valence-electron chi connectivity index (χ2n) is 5.49. The molecule has 2 unspecified atom stereocenters. The number of carbonyl (C=O) groups is 1. The van der Waals surface area contributed by atoms with Gasteiger partial charge in [0.25, 0.3) is 0 Å². The third-order valence-electron chi connectivity index (χ3n) is 3.97. The zero-order chi connectivity index (χ0) is 14.8. The summed E-state index contributed by atoms with van der Waals surface area (Å²) in [6.45, 7) is 1.80. The van der Waals surface area contributed by atoms with Crippen LogP contribution in [0, 0.1) is 0 Å². The molecule has 2 nitrogen and oxygen atoms in total. The van der Waals surface area contributed by atoms with Gasteiger partial charge in [-0.1, -0.05) is 41.9 Å². The number of rotatable bonds is 5. The number of hydrogen-bond acceptors (Lipinski definition) is 2. The minimum atomic E-state index is -0.448. The van der Waals surface area contributed by atoms with E-state index in [1.165, 1.54) is 11.1 Å². The van der Waals surface area contributed by atoms with Crippen molar-refractivity contribution in [3.8, 4) is 5.75 Å². The van der Waals surface area contributed by atoms with Crippen LogP contribution in [-0.4, -0.2) is 11.9 Å². The highest BCUT2D eigenvalue weighted by Gasteiger charge is 2.29. The third kappa shape index (κ3) is 3.11. The topological polar surface area (TPSA) is 26.3 Å². The number of fused-ring (bicyclic) bond motifs is 1. The monoisotopic (exact) mass is 300 g/mol. The molecule has 0 heterocycles. The minimum Gasteiger partial charge on any atom is -0.483 e. The second-order valence-corrected chi connectivity index (χ2v) is 5.92. The number of Topliss-reactive ketones (excluding diaryl/α,β-unsaturated/α-hetero) is 1. The average Bonchev–Trinajstić information content (AvgIpc) is 2.44. The second kappa shape index (κ2) is 5.90. The highest BCUT2D eigenvalue weighted by molar-refractivity contribution is 6.30. The van der Waals surface area contributed by atoms with Gasteiger partial charge in [-0.25, -0.2) is 0 Å². The summed E-state index contributed by atoms with van der Waals surface area (Å²) in [7, 11) is 0. The molecule has 0 fully saturated rings. The fourth-order valence-corrected chi connectivity index (χ4v) is 2.94. The Morgan fingerprint density at radius 2 is 2.10 bits per heavy atom. The van der Waals surface area contributed by atoms with Crippen LogP contribution in [0.3, 0.4) is 0 Å². The van der Waals surface area contributed by atoms with Crippen molar-refractivity contribution in [1.29, 1.82) is 0 Å². The molecule has 3 rings (SSSR count). The molecule has 2 atom stereocenters. The predicted octanol–water partition coefficient (Wildman–Crippen LogP) is 4.41. The first-order valence-corrected chi connectivity index (χ1v) is 7.54. The number of carbonyl (C=O) groups excluding carboxylic acids is 1. The molecule has 0 N–H and O–H groups in total. The van der Waals surface area contributed by atoms with Crippen LogP contribution in [0.25, 0.3) is 0 Å². The third-order valence-corrected chi connectivity index (χ3v) is 4.21. The lowest BCUT2D eigenvalue weighted by Gasteiger charge is -2.30. The zero-order valence-corrected chi connectivity index (χ0v) is 12.6. The Morgan fingerprint density at radius 3 is 2.86 bits per heavy atom. The molecule has 0 saturated carbocycles. The molecule has 1 aliphatic carbocycles. The van der Waals surface area contributed by atoms with Crippen LogP contribution in [0.4, 0.5) is 0 Å². The summed E-state index contributed by atoms with van der Waals surface area (Å²) in [4.78, 5) is 12.3. The molecule has 0 bridgehead atoms. The van der Waals surface area contributed by atoms with Gasteiger partial charge in [-0.3, -0.25) is 4.79 Å². The van der Waals surface area contributed by atoms with Crippen molar-refractivity contribution in [3.05, 3.63) is 64.7 Å². The van der Waals surface area contributed by atoms with Crippen molar-refractivity contribution in [3.63, 3.8) is 0 Å². The zero-order valence-electron chi connectivity index (χ0n) is 11.9. The quantitative estimate of drug-likeness (QED) is 0.818. The first-order valence-electron chi connectivity index (χ1n) is 7.16. The Morgan fingerprint density at radius 1 is 1.29 bits per heavy atom. The van der Waals surface area contributed by atoms with Crippen LogP contribution in [-0.2, 0) is 11.2 Å². The average molecular weight is 301 g/mol. The fraction of sp³-hybridized carbons (Fsp3) is 0.278. The molecular formula is C18H17ClO2. The first-order chi connectivity index (χ1) is 10.1. The smallest absolute Gasteiger partial charge is 0.173 e. The van der Waals surface area contributed by atoms with Crippen LogP contribution < -0.4 is 4.74 Å². The molecule has 0 aromatic heterocycles. The van der Waals surface area contributed by atoms with E-state index in [-0.39, 0.29) is 5.78 Å². The van der Waals surface area contributed by atoms with E-state index in [2.05, 4.69) is 12.1 Å². The molecule has 0 radical (unpaired) electrons. The van der Waals surface area contributed by atoms with Crippen LogP contribution >= 0.6 is 11.6 Å². The molecular weight excluding hydrogens is 284 g/mol. The Kier molecular flexibility index (Phi) is 3.98. The van der Waals surface area contributed by atoms with E-state index in [1.54, 1.807) is 19.1 Å². The summed E-state index contributed by atoms with van der Waals surface area (Å²) in [5.41, 5.74) is 2.67. The van der Waals surface area contributed by atoms with Gasteiger partial charge in [0.05, 0.1) is 0 Å². The highest BCUT2D eigenvalue weighted by Crippen LogP contribution is 2.37. The van der Waals surface area contributed by atoms with E-state index in [0.29, 0.717) is 23.1 Å². The van der Waals surface area contributed by atoms with Gasteiger partial charge in [-0.15, -0.1) is 0 Å². The van der Waals surface area contributed by atoms with Gasteiger partial charge in [0, 0.05) is 11.4 Å². The van der Waals surface area contributed by atoms with Crippen molar-refractivity contribution in [2.24, 2.45) is 0 Å². The van der Waals surface area contributed by atoms with E-state index in [9.17, 15) is 4.79 Å². The van der Waals surface area contributed by atoms with E-state index in [0.717, 1.165) is 6.42 Å². The molecule has 21 heavy (non-hydrogen) atoms. The standard InChI is InChI=1S/C18H17ClO2/c1-12(21-16-7-4-6-15(19)11-16)18(20)10-14-9-13-5-2-3-8-17(13)14/h2-8,11-12,14H,9-10H2,1H3. The summed E-state index contributed by atoms with van der Waals surface area (Å²) in [5.74, 6) is 1.12. The lowest BCUT2D eigenvalue weighted by molar-refractivity contribution is -0.125. The van der Waals surface area contributed by atoms with Crippen molar-refractivity contribution in [2.45, 2.75) is 31.8 Å². The lowest BCUT2D eigenvalue weighted by Crippen LogP contribution is -2.28. The lowest BCUT2D eigenvalue weighted by atomic mass is 9.75. The summed E-state index contributed by atoms with van der Waals surface area (Å²) < 4.78 is 5.68. The van der Waals surface area contributed by atoms with Gasteiger partial charge in [-0.2, -0.15) is 0 Å². The number of hydrogen-bond donors (Lipinski definition) is 0. The van der Waals surface area contributed by atoms with Crippen molar-refractivity contribution >= 4 is 17.4 Å². The predicted molar refractivity (Wildman–Crippen MR) is 84.1 cm³/mol. The SMILES string of the molecule is CC(Oc1cccc(Cl)c1)C(=O)CC1Cc2ccccc21. The summed E-state index contributed by atoms with van der Waals surface area (Å²) in [6.07, 6.45) is 1.08. The van der Waals surface area contributed by atoms with Crippen LogP contribution in [0.5, 0.6) is 5.75 Å². The highest BCUT2D eigenvalue weighted by atomic mass is 35.5.